The first-order valence-electron chi connectivity index (χ1n) is 5.48. The van der Waals surface area contributed by atoms with E-state index in [0.29, 0.717) is 0 Å². The summed E-state index contributed by atoms with van der Waals surface area (Å²) in [5.41, 5.74) is 1.27. The number of rotatable bonds is 1. The first kappa shape index (κ1) is 13.2. The predicted octanol–water partition coefficient (Wildman–Crippen LogP) is 4.15. The standard InChI is InChI=1S/C13H21NOS/c1-12(2,3)10-7-9(8-14-15)11(16-10)13(4,5)6/h7-8,15H,1-6H3/b14-8-. The molecule has 0 bridgehead atoms. The second kappa shape index (κ2) is 4.21. The highest BCUT2D eigenvalue weighted by Gasteiger charge is 2.25. The Kier molecular flexibility index (Phi) is 3.48. The van der Waals surface area contributed by atoms with Gasteiger partial charge in [-0.15, -0.1) is 11.3 Å². The average Bonchev–Trinajstić information content (AvgIpc) is 2.46. The lowest BCUT2D eigenvalue weighted by molar-refractivity contribution is 0.322. The molecule has 0 fully saturated rings. The van der Waals surface area contributed by atoms with Gasteiger partial charge in [-0.3, -0.25) is 0 Å². The maximum absolute atomic E-state index is 8.70. The lowest BCUT2D eigenvalue weighted by Crippen LogP contribution is -2.11. The van der Waals surface area contributed by atoms with E-state index < -0.39 is 0 Å². The molecule has 0 aromatic carbocycles. The van der Waals surface area contributed by atoms with Gasteiger partial charge >= 0.3 is 0 Å². The molecule has 0 saturated heterocycles. The molecular weight excluding hydrogens is 218 g/mol. The van der Waals surface area contributed by atoms with Crippen LogP contribution in [0.5, 0.6) is 0 Å². The molecule has 1 heterocycles. The molecule has 1 aromatic heterocycles. The summed E-state index contributed by atoms with van der Waals surface area (Å²) >= 11 is 1.81. The largest absolute Gasteiger partial charge is 0.411 e. The fourth-order valence-corrected chi connectivity index (χ4v) is 2.77. The molecule has 0 radical (unpaired) electrons. The third-order valence-electron chi connectivity index (χ3n) is 2.38. The molecule has 16 heavy (non-hydrogen) atoms. The van der Waals surface area contributed by atoms with Crippen LogP contribution in [0.15, 0.2) is 11.2 Å². The maximum atomic E-state index is 8.70. The normalized spacial score (nSPS) is 13.6. The second-order valence-corrected chi connectivity index (χ2v) is 7.19. The Morgan fingerprint density at radius 2 is 1.69 bits per heavy atom. The van der Waals surface area contributed by atoms with Crippen molar-refractivity contribution in [1.29, 1.82) is 0 Å². The number of nitrogens with zero attached hydrogens (tertiary/aromatic N) is 1. The Balaban J connectivity index is 3.32. The predicted molar refractivity (Wildman–Crippen MR) is 71.1 cm³/mol. The first-order valence-corrected chi connectivity index (χ1v) is 6.30. The van der Waals surface area contributed by atoms with Gasteiger partial charge in [-0.25, -0.2) is 0 Å². The molecule has 0 atom stereocenters. The summed E-state index contributed by atoms with van der Waals surface area (Å²) in [7, 11) is 0. The van der Waals surface area contributed by atoms with E-state index >= 15 is 0 Å². The molecule has 90 valence electrons. The van der Waals surface area contributed by atoms with E-state index in [4.69, 9.17) is 5.21 Å². The van der Waals surface area contributed by atoms with Gasteiger partial charge < -0.3 is 5.21 Å². The van der Waals surface area contributed by atoms with E-state index in [1.807, 2.05) is 11.3 Å². The van der Waals surface area contributed by atoms with Crippen LogP contribution in [-0.4, -0.2) is 11.4 Å². The molecule has 0 spiro atoms. The zero-order valence-electron chi connectivity index (χ0n) is 11.0. The van der Waals surface area contributed by atoms with Crippen molar-refractivity contribution < 1.29 is 5.21 Å². The summed E-state index contributed by atoms with van der Waals surface area (Å²) in [5, 5.41) is 11.9. The van der Waals surface area contributed by atoms with Crippen LogP contribution in [0.2, 0.25) is 0 Å². The van der Waals surface area contributed by atoms with Gasteiger partial charge in [-0.1, -0.05) is 46.7 Å². The van der Waals surface area contributed by atoms with Crippen LogP contribution in [0.25, 0.3) is 0 Å². The molecule has 0 aliphatic heterocycles. The summed E-state index contributed by atoms with van der Waals surface area (Å²) in [5.74, 6) is 0. The van der Waals surface area contributed by atoms with Crippen LogP contribution in [0.4, 0.5) is 0 Å². The van der Waals surface area contributed by atoms with Gasteiger partial charge in [0.2, 0.25) is 0 Å². The van der Waals surface area contributed by atoms with E-state index in [1.54, 1.807) is 0 Å². The Morgan fingerprint density at radius 1 is 1.12 bits per heavy atom. The summed E-state index contributed by atoms with van der Waals surface area (Å²) < 4.78 is 0. The quantitative estimate of drug-likeness (QED) is 0.445. The molecule has 2 nitrogen and oxygen atoms in total. The summed E-state index contributed by atoms with van der Waals surface area (Å²) in [6.45, 7) is 13.1. The van der Waals surface area contributed by atoms with E-state index in [0.717, 1.165) is 5.56 Å². The second-order valence-electron chi connectivity index (χ2n) is 6.14. The highest BCUT2D eigenvalue weighted by atomic mass is 32.1. The monoisotopic (exact) mass is 239 g/mol. The summed E-state index contributed by atoms with van der Waals surface area (Å²) in [4.78, 5) is 2.60. The van der Waals surface area contributed by atoms with Crippen molar-refractivity contribution in [3.8, 4) is 0 Å². The Morgan fingerprint density at radius 3 is 2.06 bits per heavy atom. The molecule has 0 unspecified atom stereocenters. The molecule has 0 aliphatic carbocycles. The van der Waals surface area contributed by atoms with Gasteiger partial charge in [0, 0.05) is 15.3 Å². The lowest BCUT2D eigenvalue weighted by Gasteiger charge is -2.18. The summed E-state index contributed by atoms with van der Waals surface area (Å²) in [6.07, 6.45) is 1.53. The smallest absolute Gasteiger partial charge is 0.0745 e. The highest BCUT2D eigenvalue weighted by molar-refractivity contribution is 7.12. The van der Waals surface area contributed by atoms with E-state index in [1.165, 1.54) is 16.0 Å². The van der Waals surface area contributed by atoms with Crippen molar-refractivity contribution in [3.05, 3.63) is 21.4 Å². The third kappa shape index (κ3) is 2.85. The third-order valence-corrected chi connectivity index (χ3v) is 4.38. The van der Waals surface area contributed by atoms with E-state index in [-0.39, 0.29) is 10.8 Å². The van der Waals surface area contributed by atoms with Crippen LogP contribution in [0.3, 0.4) is 0 Å². The fraction of sp³-hybridized carbons (Fsp3) is 0.615. The number of hydrogen-bond donors (Lipinski definition) is 1. The minimum atomic E-state index is 0.0880. The minimum Gasteiger partial charge on any atom is -0.411 e. The van der Waals surface area contributed by atoms with Gasteiger partial charge in [0.15, 0.2) is 0 Å². The topological polar surface area (TPSA) is 32.6 Å². The molecule has 0 aliphatic rings. The van der Waals surface area contributed by atoms with E-state index in [2.05, 4.69) is 52.8 Å². The van der Waals surface area contributed by atoms with Crippen molar-refractivity contribution in [3.63, 3.8) is 0 Å². The number of oxime groups is 1. The van der Waals surface area contributed by atoms with Gasteiger partial charge in [0.25, 0.3) is 0 Å². The SMILES string of the molecule is CC(C)(C)c1cc(/C=N\O)c(C(C)(C)C)s1. The van der Waals surface area contributed by atoms with Crippen LogP contribution >= 0.6 is 11.3 Å². The Bertz CT molecular complexity index is 391. The summed E-state index contributed by atoms with van der Waals surface area (Å²) in [6, 6.07) is 2.13. The van der Waals surface area contributed by atoms with Crippen molar-refractivity contribution in [2.45, 2.75) is 52.4 Å². The molecule has 1 aromatic rings. The van der Waals surface area contributed by atoms with Crippen LogP contribution in [0, 0.1) is 0 Å². The highest BCUT2D eigenvalue weighted by Crippen LogP contribution is 2.38. The zero-order chi connectivity index (χ0) is 12.6. The zero-order valence-corrected chi connectivity index (χ0v) is 11.8. The molecule has 0 saturated carbocycles. The van der Waals surface area contributed by atoms with Crippen LogP contribution < -0.4 is 0 Å². The molecule has 3 heteroatoms. The molecule has 1 rings (SSSR count). The molecular formula is C13H21NOS. The van der Waals surface area contributed by atoms with Crippen molar-refractivity contribution in [1.82, 2.24) is 0 Å². The first-order chi connectivity index (χ1) is 7.16. The van der Waals surface area contributed by atoms with Crippen LogP contribution in [-0.2, 0) is 10.8 Å². The van der Waals surface area contributed by atoms with Gasteiger partial charge in [-0.2, -0.15) is 0 Å². The Labute approximate surface area is 102 Å². The number of hydrogen-bond acceptors (Lipinski definition) is 3. The van der Waals surface area contributed by atoms with Gasteiger partial charge in [0.1, 0.15) is 0 Å². The maximum Gasteiger partial charge on any atom is 0.0745 e. The van der Waals surface area contributed by atoms with Crippen LogP contribution in [0.1, 0.15) is 56.9 Å². The van der Waals surface area contributed by atoms with Crippen molar-refractivity contribution in [2.75, 3.05) is 0 Å². The minimum absolute atomic E-state index is 0.0880. The van der Waals surface area contributed by atoms with Crippen molar-refractivity contribution >= 4 is 17.6 Å². The lowest BCUT2D eigenvalue weighted by atomic mass is 9.90. The van der Waals surface area contributed by atoms with Crippen molar-refractivity contribution in [2.24, 2.45) is 5.16 Å². The Hall–Kier alpha value is -0.830. The van der Waals surface area contributed by atoms with Gasteiger partial charge in [0.05, 0.1) is 6.21 Å². The molecule has 0 amide bonds. The number of thiophene rings is 1. The van der Waals surface area contributed by atoms with Gasteiger partial charge in [-0.05, 0) is 16.9 Å². The van der Waals surface area contributed by atoms with E-state index in [9.17, 15) is 0 Å². The fourth-order valence-electron chi connectivity index (χ4n) is 1.52. The average molecular weight is 239 g/mol. The molecule has 1 N–H and O–H groups in total.